The summed E-state index contributed by atoms with van der Waals surface area (Å²) < 4.78 is 4.90. The number of aromatic nitrogens is 4. The normalized spacial score (nSPS) is 12.4. The Morgan fingerprint density at radius 2 is 0.697 bits per heavy atom. The van der Waals surface area contributed by atoms with Gasteiger partial charge in [0.2, 0.25) is 0 Å². The molecule has 6 nitrogen and oxygen atoms in total. The monoisotopic (exact) mass is 1130 g/mol. The van der Waals surface area contributed by atoms with Crippen molar-refractivity contribution >= 4 is 101 Å². The van der Waals surface area contributed by atoms with E-state index < -0.39 is 0 Å². The van der Waals surface area contributed by atoms with Gasteiger partial charge in [-0.2, -0.15) is 0 Å². The molecule has 0 spiro atoms. The number of anilines is 6. The maximum Gasteiger partial charge on any atom is 0.252 e. The number of hydrogen-bond donors (Lipinski definition) is 0. The average Bonchev–Trinajstić information content (AvgIpc) is 1.21. The number of nitrogens with zero attached hydrogens (tertiary/aromatic N) is 6. The summed E-state index contributed by atoms with van der Waals surface area (Å²) in [6.45, 7) is 0.0850. The van der Waals surface area contributed by atoms with Crippen molar-refractivity contribution in [3.63, 3.8) is 0 Å². The van der Waals surface area contributed by atoms with Gasteiger partial charge in [-0.3, -0.25) is 0 Å². The molecule has 0 aliphatic carbocycles. The van der Waals surface area contributed by atoms with Crippen molar-refractivity contribution in [1.82, 2.24) is 19.1 Å². The zero-order valence-corrected chi connectivity index (χ0v) is 48.4. The van der Waals surface area contributed by atoms with Crippen LogP contribution in [0.3, 0.4) is 0 Å². The molecule has 0 radical (unpaired) electrons. The van der Waals surface area contributed by atoms with Crippen LogP contribution in [-0.2, 0) is 0 Å². The van der Waals surface area contributed by atoms with Crippen LogP contribution < -0.4 is 26.2 Å². The van der Waals surface area contributed by atoms with Gasteiger partial charge in [0.25, 0.3) is 6.71 Å². The lowest BCUT2D eigenvalue weighted by Crippen LogP contribution is -2.61. The van der Waals surface area contributed by atoms with Gasteiger partial charge >= 0.3 is 0 Å². The Hall–Kier alpha value is -11.8. The molecule has 89 heavy (non-hydrogen) atoms. The van der Waals surface area contributed by atoms with Gasteiger partial charge in [-0.25, -0.2) is 9.97 Å². The van der Waals surface area contributed by atoms with Crippen LogP contribution in [0, 0.1) is 0 Å². The molecule has 0 bridgehead atoms. The van der Waals surface area contributed by atoms with Crippen molar-refractivity contribution in [2.24, 2.45) is 0 Å². The maximum absolute atomic E-state index is 5.35. The van der Waals surface area contributed by atoms with E-state index in [0.717, 1.165) is 89.6 Å². The Labute approximate surface area is 515 Å². The zero-order valence-electron chi connectivity index (χ0n) is 48.4. The summed E-state index contributed by atoms with van der Waals surface area (Å²) in [5.41, 5.74) is 26.9. The van der Waals surface area contributed by atoms with E-state index in [4.69, 9.17) is 9.97 Å². The van der Waals surface area contributed by atoms with E-state index in [9.17, 15) is 0 Å². The highest BCUT2D eigenvalue weighted by Gasteiger charge is 2.43. The molecule has 5 heterocycles. The molecule has 0 saturated heterocycles. The van der Waals surface area contributed by atoms with E-state index in [-0.39, 0.29) is 6.71 Å². The summed E-state index contributed by atoms with van der Waals surface area (Å²) in [5, 5.41) is 4.85. The minimum absolute atomic E-state index is 0.0850. The molecule has 3 aromatic heterocycles. The van der Waals surface area contributed by atoms with Crippen molar-refractivity contribution in [2.75, 3.05) is 9.80 Å². The zero-order chi connectivity index (χ0) is 58.5. The van der Waals surface area contributed by atoms with Crippen LogP contribution in [0.4, 0.5) is 34.1 Å². The molecule has 0 unspecified atom stereocenters. The summed E-state index contributed by atoms with van der Waals surface area (Å²) >= 11 is 0. The van der Waals surface area contributed by atoms with Crippen molar-refractivity contribution in [2.45, 2.75) is 0 Å². The first-order valence-electron chi connectivity index (χ1n) is 30.5. The van der Waals surface area contributed by atoms with E-state index in [0.29, 0.717) is 5.82 Å². The highest BCUT2D eigenvalue weighted by atomic mass is 15.2. The molecule has 0 amide bonds. The predicted molar refractivity (Wildman–Crippen MR) is 372 cm³/mol. The van der Waals surface area contributed by atoms with Crippen LogP contribution in [0.15, 0.2) is 322 Å². The van der Waals surface area contributed by atoms with Crippen LogP contribution in [0.2, 0.25) is 0 Å². The first-order valence-corrected chi connectivity index (χ1v) is 30.5. The van der Waals surface area contributed by atoms with Gasteiger partial charge in [0.15, 0.2) is 5.82 Å². The molecule has 414 valence electrons. The molecule has 0 saturated carbocycles. The summed E-state index contributed by atoms with van der Waals surface area (Å²) in [5.74, 6) is 0.681. The molecule has 7 heteroatoms. The van der Waals surface area contributed by atoms with Gasteiger partial charge in [0, 0.05) is 83.6 Å². The van der Waals surface area contributed by atoms with Gasteiger partial charge in [-0.05, 0) is 136 Å². The third kappa shape index (κ3) is 8.13. The van der Waals surface area contributed by atoms with Crippen molar-refractivity contribution in [3.8, 4) is 67.5 Å². The second-order valence-corrected chi connectivity index (χ2v) is 23.2. The van der Waals surface area contributed by atoms with E-state index in [1.54, 1.807) is 0 Å². The largest absolute Gasteiger partial charge is 0.311 e. The molecule has 18 rings (SSSR count). The molecular formula is C82H53BN6. The quantitative estimate of drug-likeness (QED) is 0.135. The van der Waals surface area contributed by atoms with Crippen LogP contribution in [0.25, 0.3) is 111 Å². The Morgan fingerprint density at radius 3 is 1.31 bits per heavy atom. The van der Waals surface area contributed by atoms with Crippen LogP contribution >= 0.6 is 0 Å². The fourth-order valence-corrected chi connectivity index (χ4v) is 14.3. The number of fused-ring (bicyclic) bond motifs is 10. The molecule has 13 aromatic carbocycles. The van der Waals surface area contributed by atoms with Gasteiger partial charge in [-0.15, -0.1) is 0 Å². The van der Waals surface area contributed by atoms with Crippen molar-refractivity contribution in [1.29, 1.82) is 0 Å². The molecule has 2 aliphatic rings. The molecule has 0 N–H and O–H groups in total. The Balaban J connectivity index is 0.787. The fourth-order valence-electron chi connectivity index (χ4n) is 14.3. The molecule has 0 fully saturated rings. The second-order valence-electron chi connectivity index (χ2n) is 23.2. The van der Waals surface area contributed by atoms with Crippen LogP contribution in [0.1, 0.15) is 0 Å². The smallest absolute Gasteiger partial charge is 0.252 e. The molecule has 16 aromatic rings. The standard InChI is InChI=1S/C82H53BN6/c1-5-22-57(23-6-1)70-52-71(85-82(84-70)58-24-7-2-8-25-58)59-46-49-74(89-73-35-18-14-31-64(73)67-51-66-63-30-13-17-34-72(63)86(79(66)53-80(67)89)60-26-9-3-10-27-60)65(50-59)56-42-40-54(41-43-56)55-44-47-62(48-45-55)88-76-37-20-16-33-69(76)83-68-32-15-19-36-75(68)87(61-28-11-4-12-29-61)77-38-21-39-78(88)81(77)83/h1-53H. The SMILES string of the molecule is c1ccc(-c2cc(-c3ccc(-n4c5ccccc5c5cc6c7ccccc7n(-c7ccccc7)c6cc54)c(-c4ccc(-c5ccc(N6c7ccccc7B7c8ccccc8N(c8ccccc8)c8cccc6c87)cc5)cc4)c3)nc(-c3ccccc3)n2)cc1. The Bertz CT molecular complexity index is 5370. The van der Waals surface area contributed by atoms with Crippen molar-refractivity contribution in [3.05, 3.63) is 322 Å². The summed E-state index contributed by atoms with van der Waals surface area (Å²) in [7, 11) is 0. The highest BCUT2D eigenvalue weighted by Crippen LogP contribution is 2.46. The number of para-hydroxylation sites is 6. The minimum atomic E-state index is 0.0850. The van der Waals surface area contributed by atoms with Gasteiger partial charge in [0.1, 0.15) is 0 Å². The summed E-state index contributed by atoms with van der Waals surface area (Å²) in [6.07, 6.45) is 0. The first kappa shape index (κ1) is 50.5. The maximum atomic E-state index is 5.35. The fraction of sp³-hybridized carbons (Fsp3) is 0. The second kappa shape index (κ2) is 20.4. The van der Waals surface area contributed by atoms with Gasteiger partial charge in [0.05, 0.1) is 39.1 Å². The first-order chi connectivity index (χ1) is 44.2. The third-order valence-electron chi connectivity index (χ3n) is 18.3. The van der Waals surface area contributed by atoms with E-state index in [1.165, 1.54) is 66.2 Å². The van der Waals surface area contributed by atoms with E-state index in [1.807, 2.05) is 24.3 Å². The highest BCUT2D eigenvalue weighted by molar-refractivity contribution is 7.00. The van der Waals surface area contributed by atoms with Crippen molar-refractivity contribution < 1.29 is 0 Å². The van der Waals surface area contributed by atoms with Gasteiger partial charge < -0.3 is 18.9 Å². The number of rotatable bonds is 9. The average molecular weight is 1130 g/mol. The molecule has 2 aliphatic heterocycles. The summed E-state index contributed by atoms with van der Waals surface area (Å²) in [6, 6.07) is 117. The topological polar surface area (TPSA) is 42.1 Å². The summed E-state index contributed by atoms with van der Waals surface area (Å²) in [4.78, 5) is 15.4. The lowest BCUT2D eigenvalue weighted by molar-refractivity contribution is 1.16. The van der Waals surface area contributed by atoms with Crippen LogP contribution in [-0.4, -0.2) is 25.8 Å². The number of benzene rings is 13. The Kier molecular flexibility index (Phi) is 11.6. The van der Waals surface area contributed by atoms with E-state index >= 15 is 0 Å². The predicted octanol–water partition coefficient (Wildman–Crippen LogP) is 19.1. The lowest BCUT2D eigenvalue weighted by atomic mass is 9.33. The minimum Gasteiger partial charge on any atom is -0.311 e. The third-order valence-corrected chi connectivity index (χ3v) is 18.3. The van der Waals surface area contributed by atoms with Gasteiger partial charge in [-0.1, -0.05) is 218 Å². The molecule has 0 atom stereocenters. The number of hydrogen-bond acceptors (Lipinski definition) is 4. The Morgan fingerprint density at radius 1 is 0.247 bits per heavy atom. The van der Waals surface area contributed by atoms with E-state index in [2.05, 4.69) is 316 Å². The molecular weight excluding hydrogens is 1080 g/mol. The lowest BCUT2D eigenvalue weighted by Gasteiger charge is -2.44. The van der Waals surface area contributed by atoms with Crippen LogP contribution in [0.5, 0.6) is 0 Å².